The number of carbonyl (C=O) groups is 1. The highest BCUT2D eigenvalue weighted by atomic mass is 32.2. The number of aromatic amines is 2. The number of thioether (sulfide) groups is 1. The summed E-state index contributed by atoms with van der Waals surface area (Å²) < 4.78 is 0. The molecule has 48 valence electrons. The maximum Gasteiger partial charge on any atom is 0.341 e. The van der Waals surface area contributed by atoms with Crippen molar-refractivity contribution >= 4 is 17.4 Å². The zero-order chi connectivity index (χ0) is 6.69. The van der Waals surface area contributed by atoms with E-state index in [2.05, 4.69) is 15.2 Å². The number of nitrogens with one attached hydrogen (secondary N) is 2. The molecule has 0 saturated heterocycles. The lowest BCUT2D eigenvalue weighted by Crippen LogP contribution is -2.00. The van der Waals surface area contributed by atoms with E-state index in [9.17, 15) is 9.59 Å². The lowest BCUT2D eigenvalue weighted by Gasteiger charge is -1.75. The van der Waals surface area contributed by atoms with Gasteiger partial charge in [-0.1, -0.05) is 0 Å². The lowest BCUT2D eigenvalue weighted by atomic mass is 11.3. The topological polar surface area (TPSA) is 78.6 Å². The fraction of sp³-hybridized carbons (Fsp3) is 0. The van der Waals surface area contributed by atoms with Crippen LogP contribution in [0.4, 0.5) is 0 Å². The number of carbonyl (C=O) groups excluding carboxylic acids is 1. The van der Waals surface area contributed by atoms with E-state index in [0.29, 0.717) is 5.62 Å². The Balaban J connectivity index is 2.84. The van der Waals surface area contributed by atoms with E-state index in [0.717, 1.165) is 11.8 Å². The number of hydrogen-bond acceptors (Lipinski definition) is 4. The van der Waals surface area contributed by atoms with Crippen molar-refractivity contribution in [2.45, 2.75) is 5.16 Å². The Morgan fingerprint density at radius 2 is 2.44 bits per heavy atom. The second-order valence-corrected chi connectivity index (χ2v) is 2.01. The van der Waals surface area contributed by atoms with Crippen molar-refractivity contribution in [2.75, 3.05) is 0 Å². The molecular formula is C3H3N3O2S. The van der Waals surface area contributed by atoms with Crippen LogP contribution in [0, 0.1) is 0 Å². The number of aromatic nitrogens is 3. The third-order valence-electron chi connectivity index (χ3n) is 0.639. The molecule has 0 fully saturated rings. The minimum atomic E-state index is -0.403. The standard InChI is InChI=1S/C3H3N3O2S/c7-1-9-3-4-2(8)5-6-3/h1H,(H2,4,5,6,8). The van der Waals surface area contributed by atoms with E-state index in [-0.39, 0.29) is 5.16 Å². The summed E-state index contributed by atoms with van der Waals surface area (Å²) in [5, 5.41) is 5.84. The molecule has 6 heteroatoms. The quantitative estimate of drug-likeness (QED) is 0.429. The highest BCUT2D eigenvalue weighted by Gasteiger charge is 1.94. The summed E-state index contributed by atoms with van der Waals surface area (Å²) >= 11 is 0.818. The van der Waals surface area contributed by atoms with Crippen molar-refractivity contribution in [3.8, 4) is 0 Å². The first kappa shape index (κ1) is 6.09. The first-order valence-corrected chi connectivity index (χ1v) is 2.96. The number of rotatable bonds is 2. The van der Waals surface area contributed by atoms with Gasteiger partial charge in [-0.15, -0.1) is 5.10 Å². The summed E-state index contributed by atoms with van der Waals surface area (Å²) in [6, 6.07) is 0. The predicted molar refractivity (Wildman–Crippen MR) is 31.8 cm³/mol. The predicted octanol–water partition coefficient (Wildman–Crippen LogP) is -0.620. The first-order chi connectivity index (χ1) is 4.33. The molecule has 0 aliphatic rings. The molecule has 0 aromatic carbocycles. The molecule has 2 N–H and O–H groups in total. The largest absolute Gasteiger partial charge is 0.341 e. The van der Waals surface area contributed by atoms with Crippen LogP contribution in [0.15, 0.2) is 9.95 Å². The first-order valence-electron chi connectivity index (χ1n) is 2.08. The van der Waals surface area contributed by atoms with Crippen LogP contribution in [-0.2, 0) is 4.79 Å². The Morgan fingerprint density at radius 1 is 1.67 bits per heavy atom. The summed E-state index contributed by atoms with van der Waals surface area (Å²) in [5.41, 5.74) is 0.186. The van der Waals surface area contributed by atoms with Crippen molar-refractivity contribution in [1.82, 2.24) is 15.2 Å². The maximum absolute atomic E-state index is 10.3. The number of nitrogens with zero attached hydrogens (tertiary/aromatic N) is 1. The van der Waals surface area contributed by atoms with Crippen LogP contribution >= 0.6 is 11.8 Å². The molecule has 1 rings (SSSR count). The fourth-order valence-electron chi connectivity index (χ4n) is 0.356. The summed E-state index contributed by atoms with van der Waals surface area (Å²) in [4.78, 5) is 22.3. The van der Waals surface area contributed by atoms with Gasteiger partial charge in [0.25, 0.3) is 0 Å². The average Bonchev–Trinajstić information content (AvgIpc) is 2.17. The second kappa shape index (κ2) is 2.49. The highest BCUT2D eigenvalue weighted by molar-refractivity contribution is 8.11. The Morgan fingerprint density at radius 3 is 2.89 bits per heavy atom. The molecule has 1 heterocycles. The van der Waals surface area contributed by atoms with Crippen molar-refractivity contribution < 1.29 is 4.79 Å². The van der Waals surface area contributed by atoms with Gasteiger partial charge in [0, 0.05) is 0 Å². The molecule has 0 spiro atoms. The second-order valence-electron chi connectivity index (χ2n) is 1.20. The summed E-state index contributed by atoms with van der Waals surface area (Å²) in [5.74, 6) is 0. The van der Waals surface area contributed by atoms with Crippen molar-refractivity contribution in [3.63, 3.8) is 0 Å². The Hall–Kier alpha value is -1.04. The van der Waals surface area contributed by atoms with Crippen molar-refractivity contribution in [3.05, 3.63) is 10.5 Å². The van der Waals surface area contributed by atoms with Crippen LogP contribution < -0.4 is 5.69 Å². The molecule has 1 aromatic rings. The lowest BCUT2D eigenvalue weighted by molar-refractivity contribution is 0.570. The van der Waals surface area contributed by atoms with E-state index in [1.54, 1.807) is 0 Å². The molecule has 9 heavy (non-hydrogen) atoms. The van der Waals surface area contributed by atoms with Crippen LogP contribution in [0.1, 0.15) is 0 Å². The monoisotopic (exact) mass is 145 g/mol. The van der Waals surface area contributed by atoms with Crippen LogP contribution in [0.5, 0.6) is 0 Å². The summed E-state index contributed by atoms with van der Waals surface area (Å²) in [7, 11) is 0. The Labute approximate surface area is 53.9 Å². The van der Waals surface area contributed by atoms with Crippen molar-refractivity contribution in [2.24, 2.45) is 0 Å². The zero-order valence-electron chi connectivity index (χ0n) is 4.25. The van der Waals surface area contributed by atoms with E-state index in [1.165, 1.54) is 0 Å². The van der Waals surface area contributed by atoms with Crippen LogP contribution in [-0.4, -0.2) is 20.8 Å². The van der Waals surface area contributed by atoms with E-state index in [1.807, 2.05) is 0 Å². The molecule has 0 saturated carbocycles. The van der Waals surface area contributed by atoms with Gasteiger partial charge in [0.05, 0.1) is 0 Å². The summed E-state index contributed by atoms with van der Waals surface area (Å²) in [6.45, 7) is 0. The van der Waals surface area contributed by atoms with Gasteiger partial charge < -0.3 is 0 Å². The molecule has 1 aromatic heterocycles. The molecule has 0 radical (unpaired) electrons. The smallest absolute Gasteiger partial charge is 0.290 e. The fourth-order valence-corrected chi connectivity index (χ4v) is 0.697. The molecule has 5 nitrogen and oxygen atoms in total. The van der Waals surface area contributed by atoms with Gasteiger partial charge in [0.2, 0.25) is 0 Å². The van der Waals surface area contributed by atoms with E-state index >= 15 is 0 Å². The van der Waals surface area contributed by atoms with Gasteiger partial charge in [-0.2, -0.15) is 0 Å². The normalized spacial score (nSPS) is 9.33. The van der Waals surface area contributed by atoms with Gasteiger partial charge >= 0.3 is 5.69 Å². The number of H-pyrrole nitrogens is 2. The van der Waals surface area contributed by atoms with Gasteiger partial charge in [-0.25, -0.2) is 9.89 Å². The zero-order valence-corrected chi connectivity index (χ0v) is 5.07. The highest BCUT2D eigenvalue weighted by Crippen LogP contribution is 2.02. The Kier molecular flexibility index (Phi) is 1.69. The van der Waals surface area contributed by atoms with E-state index < -0.39 is 5.69 Å². The summed E-state index contributed by atoms with van der Waals surface area (Å²) in [6.07, 6.45) is 0. The third-order valence-corrected chi connectivity index (χ3v) is 1.15. The minimum Gasteiger partial charge on any atom is -0.290 e. The molecule has 0 amide bonds. The molecule has 0 bridgehead atoms. The maximum atomic E-state index is 10.3. The van der Waals surface area contributed by atoms with Crippen LogP contribution in [0.3, 0.4) is 0 Å². The van der Waals surface area contributed by atoms with Gasteiger partial charge in [-0.3, -0.25) is 9.78 Å². The molecular weight excluding hydrogens is 142 g/mol. The SMILES string of the molecule is O=CSc1n[nH]c(=O)[nH]1. The Bertz CT molecular complexity index is 252. The molecule has 0 atom stereocenters. The minimum absolute atomic E-state index is 0.287. The molecule has 0 aliphatic carbocycles. The van der Waals surface area contributed by atoms with Gasteiger partial charge in [0.15, 0.2) is 10.8 Å². The molecule has 0 unspecified atom stereocenters. The van der Waals surface area contributed by atoms with Gasteiger partial charge in [0.1, 0.15) is 0 Å². The number of hydrogen-bond donors (Lipinski definition) is 2. The average molecular weight is 145 g/mol. The molecule has 0 aliphatic heterocycles. The van der Waals surface area contributed by atoms with Crippen LogP contribution in [0.2, 0.25) is 0 Å². The van der Waals surface area contributed by atoms with Crippen LogP contribution in [0.25, 0.3) is 0 Å². The van der Waals surface area contributed by atoms with E-state index in [4.69, 9.17) is 0 Å². The van der Waals surface area contributed by atoms with Crippen molar-refractivity contribution in [1.29, 1.82) is 0 Å². The van der Waals surface area contributed by atoms with Gasteiger partial charge in [-0.05, 0) is 11.8 Å². The third kappa shape index (κ3) is 1.43.